The first kappa shape index (κ1) is 14.4. The molecular weight excluding hydrogens is 244 g/mol. The van der Waals surface area contributed by atoms with Crippen LogP contribution in [0.3, 0.4) is 0 Å². The van der Waals surface area contributed by atoms with Crippen LogP contribution in [0.1, 0.15) is 38.7 Å². The van der Waals surface area contributed by atoms with E-state index in [1.807, 2.05) is 0 Å². The van der Waals surface area contributed by atoms with E-state index in [-0.39, 0.29) is 6.04 Å². The maximum absolute atomic E-state index is 13.7. The van der Waals surface area contributed by atoms with Crippen molar-refractivity contribution in [2.45, 2.75) is 45.6 Å². The molecule has 0 aliphatic heterocycles. The van der Waals surface area contributed by atoms with Gasteiger partial charge in [-0.3, -0.25) is 0 Å². The zero-order valence-corrected chi connectivity index (χ0v) is 11.7. The summed E-state index contributed by atoms with van der Waals surface area (Å²) < 4.78 is 26.6. The molecule has 19 heavy (non-hydrogen) atoms. The molecule has 1 aromatic carbocycles. The van der Waals surface area contributed by atoms with Crippen molar-refractivity contribution in [1.82, 2.24) is 0 Å². The zero-order valence-electron chi connectivity index (χ0n) is 11.7. The molecule has 3 heteroatoms. The Morgan fingerprint density at radius 3 is 2.63 bits per heavy atom. The Hall–Kier alpha value is -0.960. The first-order valence-corrected chi connectivity index (χ1v) is 7.17. The van der Waals surface area contributed by atoms with Gasteiger partial charge in [-0.1, -0.05) is 19.9 Å². The number of hydrogen-bond donors (Lipinski definition) is 1. The number of halogens is 2. The van der Waals surface area contributed by atoms with Crippen LogP contribution in [0, 0.1) is 29.4 Å². The van der Waals surface area contributed by atoms with E-state index in [4.69, 9.17) is 5.73 Å². The minimum Gasteiger partial charge on any atom is -0.327 e. The van der Waals surface area contributed by atoms with E-state index in [1.165, 1.54) is 12.5 Å². The Bertz CT molecular complexity index is 431. The highest BCUT2D eigenvalue weighted by atomic mass is 19.1. The molecule has 106 valence electrons. The van der Waals surface area contributed by atoms with Gasteiger partial charge in [0.25, 0.3) is 0 Å². The Morgan fingerprint density at radius 2 is 2.00 bits per heavy atom. The van der Waals surface area contributed by atoms with Crippen molar-refractivity contribution in [1.29, 1.82) is 0 Å². The first-order chi connectivity index (χ1) is 8.97. The summed E-state index contributed by atoms with van der Waals surface area (Å²) in [6, 6.07) is 3.98. The molecule has 0 aromatic heterocycles. The predicted molar refractivity (Wildman–Crippen MR) is 73.7 cm³/mol. The molecule has 1 saturated carbocycles. The van der Waals surface area contributed by atoms with Gasteiger partial charge in [-0.05, 0) is 55.1 Å². The average molecular weight is 267 g/mol. The van der Waals surface area contributed by atoms with E-state index >= 15 is 0 Å². The van der Waals surface area contributed by atoms with Gasteiger partial charge >= 0.3 is 0 Å². The molecule has 0 radical (unpaired) electrons. The molecule has 2 N–H and O–H groups in total. The van der Waals surface area contributed by atoms with Crippen molar-refractivity contribution in [2.24, 2.45) is 23.5 Å². The van der Waals surface area contributed by atoms with Crippen LogP contribution in [-0.4, -0.2) is 6.04 Å². The standard InChI is InChI=1S/C16H23F2N/c1-10(2)11-4-6-16(19)13(7-11)8-12-3-5-14(17)9-15(12)18/h3,5,9-11,13,16H,4,6-8,19H2,1-2H3. The Morgan fingerprint density at radius 1 is 1.26 bits per heavy atom. The molecule has 2 rings (SSSR count). The van der Waals surface area contributed by atoms with E-state index in [0.29, 0.717) is 29.7 Å². The zero-order chi connectivity index (χ0) is 14.0. The molecule has 1 fully saturated rings. The van der Waals surface area contributed by atoms with Gasteiger partial charge in [0.15, 0.2) is 0 Å². The summed E-state index contributed by atoms with van der Waals surface area (Å²) in [5.41, 5.74) is 6.76. The molecule has 0 heterocycles. The van der Waals surface area contributed by atoms with Crippen LogP contribution in [0.4, 0.5) is 8.78 Å². The van der Waals surface area contributed by atoms with Crippen LogP contribution in [0.25, 0.3) is 0 Å². The molecule has 1 aliphatic carbocycles. The summed E-state index contributed by atoms with van der Waals surface area (Å²) in [6.07, 6.45) is 3.85. The largest absolute Gasteiger partial charge is 0.327 e. The van der Waals surface area contributed by atoms with E-state index in [2.05, 4.69) is 13.8 Å². The van der Waals surface area contributed by atoms with Crippen LogP contribution in [0.2, 0.25) is 0 Å². The van der Waals surface area contributed by atoms with Crippen LogP contribution in [-0.2, 0) is 6.42 Å². The number of rotatable bonds is 3. The van der Waals surface area contributed by atoms with E-state index < -0.39 is 11.6 Å². The van der Waals surface area contributed by atoms with Gasteiger partial charge in [0.05, 0.1) is 0 Å². The maximum Gasteiger partial charge on any atom is 0.129 e. The molecule has 0 amide bonds. The van der Waals surface area contributed by atoms with Gasteiger partial charge in [-0.2, -0.15) is 0 Å². The Kier molecular flexibility index (Phi) is 4.56. The minimum atomic E-state index is -0.519. The minimum absolute atomic E-state index is 0.138. The highest BCUT2D eigenvalue weighted by molar-refractivity contribution is 5.19. The summed E-state index contributed by atoms with van der Waals surface area (Å²) in [6.45, 7) is 4.47. The van der Waals surface area contributed by atoms with E-state index in [0.717, 1.165) is 18.9 Å². The lowest BCUT2D eigenvalue weighted by molar-refractivity contribution is 0.188. The number of nitrogens with two attached hydrogens (primary N) is 1. The van der Waals surface area contributed by atoms with Crippen molar-refractivity contribution in [2.75, 3.05) is 0 Å². The van der Waals surface area contributed by atoms with Crippen LogP contribution < -0.4 is 5.73 Å². The highest BCUT2D eigenvalue weighted by Crippen LogP contribution is 2.35. The Balaban J connectivity index is 2.07. The predicted octanol–water partition coefficient (Wildman–Crippen LogP) is 3.91. The summed E-state index contributed by atoms with van der Waals surface area (Å²) in [5, 5.41) is 0. The number of hydrogen-bond acceptors (Lipinski definition) is 1. The molecule has 1 nitrogen and oxygen atoms in total. The maximum atomic E-state index is 13.7. The van der Waals surface area contributed by atoms with Gasteiger partial charge in [0.1, 0.15) is 11.6 Å². The molecule has 0 spiro atoms. The fourth-order valence-corrected chi connectivity index (χ4v) is 3.13. The molecule has 3 atom stereocenters. The second kappa shape index (κ2) is 6.00. The van der Waals surface area contributed by atoms with Gasteiger partial charge < -0.3 is 5.73 Å². The first-order valence-electron chi connectivity index (χ1n) is 7.17. The topological polar surface area (TPSA) is 26.0 Å². The smallest absolute Gasteiger partial charge is 0.129 e. The van der Waals surface area contributed by atoms with Crippen LogP contribution >= 0.6 is 0 Å². The van der Waals surface area contributed by atoms with Gasteiger partial charge in [-0.25, -0.2) is 8.78 Å². The van der Waals surface area contributed by atoms with Crippen LogP contribution in [0.15, 0.2) is 18.2 Å². The number of benzene rings is 1. The molecule has 0 saturated heterocycles. The van der Waals surface area contributed by atoms with Crippen molar-refractivity contribution < 1.29 is 8.78 Å². The molecular formula is C16H23F2N. The van der Waals surface area contributed by atoms with Gasteiger partial charge in [0, 0.05) is 12.1 Å². The van der Waals surface area contributed by atoms with Crippen molar-refractivity contribution in [3.8, 4) is 0 Å². The summed E-state index contributed by atoms with van der Waals surface area (Å²) in [4.78, 5) is 0. The lowest BCUT2D eigenvalue weighted by Crippen LogP contribution is -2.38. The summed E-state index contributed by atoms with van der Waals surface area (Å²) in [7, 11) is 0. The SMILES string of the molecule is CC(C)C1CCC(N)C(Cc2ccc(F)cc2F)C1. The van der Waals surface area contributed by atoms with Crippen molar-refractivity contribution >= 4 is 0 Å². The second-order valence-electron chi connectivity index (χ2n) is 6.18. The molecule has 3 unspecified atom stereocenters. The third kappa shape index (κ3) is 3.53. The van der Waals surface area contributed by atoms with E-state index in [1.54, 1.807) is 6.07 Å². The summed E-state index contributed by atoms with van der Waals surface area (Å²) in [5.74, 6) is 0.663. The third-order valence-corrected chi connectivity index (χ3v) is 4.52. The Labute approximate surface area is 114 Å². The summed E-state index contributed by atoms with van der Waals surface area (Å²) >= 11 is 0. The molecule has 0 bridgehead atoms. The van der Waals surface area contributed by atoms with Crippen molar-refractivity contribution in [3.63, 3.8) is 0 Å². The monoisotopic (exact) mass is 267 g/mol. The highest BCUT2D eigenvalue weighted by Gasteiger charge is 2.30. The lowest BCUT2D eigenvalue weighted by Gasteiger charge is -2.36. The van der Waals surface area contributed by atoms with Crippen LogP contribution in [0.5, 0.6) is 0 Å². The van der Waals surface area contributed by atoms with Crippen molar-refractivity contribution in [3.05, 3.63) is 35.4 Å². The fourth-order valence-electron chi connectivity index (χ4n) is 3.13. The normalized spacial score (nSPS) is 27.8. The quantitative estimate of drug-likeness (QED) is 0.883. The lowest BCUT2D eigenvalue weighted by atomic mass is 9.72. The van der Waals surface area contributed by atoms with E-state index in [9.17, 15) is 8.78 Å². The third-order valence-electron chi connectivity index (χ3n) is 4.52. The van der Waals surface area contributed by atoms with Gasteiger partial charge in [0.2, 0.25) is 0 Å². The molecule has 1 aromatic rings. The van der Waals surface area contributed by atoms with Gasteiger partial charge in [-0.15, -0.1) is 0 Å². The average Bonchev–Trinajstić information content (AvgIpc) is 2.34. The second-order valence-corrected chi connectivity index (χ2v) is 6.18. The molecule has 1 aliphatic rings. The fraction of sp³-hybridized carbons (Fsp3) is 0.625.